The van der Waals surface area contributed by atoms with Crippen molar-refractivity contribution < 1.29 is 0 Å². The highest BCUT2D eigenvalue weighted by molar-refractivity contribution is 5.26. The smallest absolute Gasteiger partial charge is 0.0475 e. The first kappa shape index (κ1) is 16.5. The van der Waals surface area contributed by atoms with Crippen LogP contribution in [0.3, 0.4) is 0 Å². The molecule has 1 fully saturated rings. The molecule has 1 saturated carbocycles. The summed E-state index contributed by atoms with van der Waals surface area (Å²) in [6.45, 7) is 9.15. The Morgan fingerprint density at radius 3 is 2.38 bits per heavy atom. The van der Waals surface area contributed by atoms with Crippen LogP contribution in [-0.4, -0.2) is 31.1 Å². The molecule has 2 nitrogen and oxygen atoms in total. The van der Waals surface area contributed by atoms with Crippen molar-refractivity contribution in [2.24, 2.45) is 5.92 Å². The fourth-order valence-corrected chi connectivity index (χ4v) is 2.96. The summed E-state index contributed by atoms with van der Waals surface area (Å²) in [5.41, 5.74) is 2.85. The third-order valence-electron chi connectivity index (χ3n) is 4.78. The van der Waals surface area contributed by atoms with Gasteiger partial charge in [0.05, 0.1) is 0 Å². The van der Waals surface area contributed by atoms with Crippen LogP contribution in [0.25, 0.3) is 0 Å². The molecule has 0 spiro atoms. The Kier molecular flexibility index (Phi) is 6.25. The molecule has 2 unspecified atom stereocenters. The van der Waals surface area contributed by atoms with Gasteiger partial charge in [0.15, 0.2) is 0 Å². The molecule has 0 heterocycles. The Balaban J connectivity index is 2.06. The number of nitrogens with one attached hydrogen (secondary N) is 1. The summed E-state index contributed by atoms with van der Waals surface area (Å²) in [5.74, 6) is 0.951. The van der Waals surface area contributed by atoms with Crippen LogP contribution in [0.4, 0.5) is 0 Å². The SMILES string of the molecule is CCCNC(c1ccc(CC)cc1)C(C)N(C)CC1CC1. The average Bonchev–Trinajstić information content (AvgIpc) is 3.32. The molecular formula is C19H32N2. The van der Waals surface area contributed by atoms with Crippen molar-refractivity contribution in [3.63, 3.8) is 0 Å². The van der Waals surface area contributed by atoms with Crippen LogP contribution in [0.2, 0.25) is 0 Å². The van der Waals surface area contributed by atoms with E-state index >= 15 is 0 Å². The van der Waals surface area contributed by atoms with Crippen molar-refractivity contribution in [2.75, 3.05) is 20.1 Å². The molecule has 2 heteroatoms. The highest BCUT2D eigenvalue weighted by Crippen LogP contribution is 2.31. The number of nitrogens with zero attached hydrogens (tertiary/aromatic N) is 1. The molecule has 1 N–H and O–H groups in total. The van der Waals surface area contributed by atoms with Crippen molar-refractivity contribution in [3.8, 4) is 0 Å². The predicted octanol–water partition coefficient (Wildman–Crippen LogP) is 4.02. The molecule has 2 atom stereocenters. The van der Waals surface area contributed by atoms with Crippen molar-refractivity contribution in [2.45, 2.75) is 58.5 Å². The lowest BCUT2D eigenvalue weighted by Gasteiger charge is -2.33. The van der Waals surface area contributed by atoms with Crippen molar-refractivity contribution in [1.29, 1.82) is 0 Å². The molecule has 0 saturated heterocycles. The zero-order chi connectivity index (χ0) is 15.2. The Bertz CT molecular complexity index is 408. The minimum absolute atomic E-state index is 0.430. The molecule has 0 radical (unpaired) electrons. The fraction of sp³-hybridized carbons (Fsp3) is 0.684. The van der Waals surface area contributed by atoms with E-state index in [0.717, 1.165) is 18.9 Å². The van der Waals surface area contributed by atoms with Gasteiger partial charge in [-0.05, 0) is 63.2 Å². The van der Waals surface area contributed by atoms with Gasteiger partial charge in [0.25, 0.3) is 0 Å². The second kappa shape index (κ2) is 7.95. The summed E-state index contributed by atoms with van der Waals surface area (Å²) in [6, 6.07) is 10.2. The third kappa shape index (κ3) is 4.82. The highest BCUT2D eigenvalue weighted by atomic mass is 15.2. The zero-order valence-electron chi connectivity index (χ0n) is 14.2. The standard InChI is InChI=1S/C19H32N2/c1-5-13-20-19(15(3)21(4)14-17-7-8-17)18-11-9-16(6-2)10-12-18/h9-12,15,17,19-20H,5-8,13-14H2,1-4H3. The van der Waals surface area contributed by atoms with Crippen molar-refractivity contribution in [3.05, 3.63) is 35.4 Å². The largest absolute Gasteiger partial charge is 0.309 e. The lowest BCUT2D eigenvalue weighted by Crippen LogP contribution is -2.42. The van der Waals surface area contributed by atoms with Crippen LogP contribution < -0.4 is 5.32 Å². The van der Waals surface area contributed by atoms with E-state index < -0.39 is 0 Å². The summed E-state index contributed by atoms with van der Waals surface area (Å²) in [4.78, 5) is 2.54. The first-order valence-electron chi connectivity index (χ1n) is 8.68. The minimum Gasteiger partial charge on any atom is -0.309 e. The number of hydrogen-bond donors (Lipinski definition) is 1. The van der Waals surface area contributed by atoms with E-state index in [2.05, 4.69) is 62.3 Å². The van der Waals surface area contributed by atoms with E-state index in [1.54, 1.807) is 0 Å². The van der Waals surface area contributed by atoms with Gasteiger partial charge in [0.2, 0.25) is 0 Å². The zero-order valence-corrected chi connectivity index (χ0v) is 14.2. The first-order valence-corrected chi connectivity index (χ1v) is 8.68. The number of benzene rings is 1. The number of hydrogen-bond acceptors (Lipinski definition) is 2. The van der Waals surface area contributed by atoms with Crippen LogP contribution in [0.15, 0.2) is 24.3 Å². The van der Waals surface area contributed by atoms with E-state index in [4.69, 9.17) is 0 Å². The van der Waals surface area contributed by atoms with Gasteiger partial charge >= 0.3 is 0 Å². The van der Waals surface area contributed by atoms with Crippen LogP contribution in [0.5, 0.6) is 0 Å². The van der Waals surface area contributed by atoms with E-state index in [9.17, 15) is 0 Å². The third-order valence-corrected chi connectivity index (χ3v) is 4.78. The van der Waals surface area contributed by atoms with Gasteiger partial charge in [-0.3, -0.25) is 0 Å². The Hall–Kier alpha value is -0.860. The molecule has 0 aliphatic heterocycles. The van der Waals surface area contributed by atoms with Crippen molar-refractivity contribution >= 4 is 0 Å². The quantitative estimate of drug-likeness (QED) is 0.738. The number of likely N-dealkylation sites (N-methyl/N-ethyl adjacent to an activating group) is 1. The topological polar surface area (TPSA) is 15.3 Å². The van der Waals surface area contributed by atoms with Crippen LogP contribution >= 0.6 is 0 Å². The minimum atomic E-state index is 0.430. The van der Waals surface area contributed by atoms with Crippen molar-refractivity contribution in [1.82, 2.24) is 10.2 Å². The van der Waals surface area contributed by atoms with Gasteiger partial charge in [-0.15, -0.1) is 0 Å². The van der Waals surface area contributed by atoms with Gasteiger partial charge in [-0.2, -0.15) is 0 Å². The number of rotatable bonds is 9. The van der Waals surface area contributed by atoms with Gasteiger partial charge in [0.1, 0.15) is 0 Å². The van der Waals surface area contributed by atoms with Crippen LogP contribution in [-0.2, 0) is 6.42 Å². The average molecular weight is 288 g/mol. The van der Waals surface area contributed by atoms with E-state index in [-0.39, 0.29) is 0 Å². The molecule has 118 valence electrons. The van der Waals surface area contributed by atoms with Gasteiger partial charge < -0.3 is 10.2 Å². The highest BCUT2D eigenvalue weighted by Gasteiger charge is 2.28. The summed E-state index contributed by atoms with van der Waals surface area (Å²) in [6.07, 6.45) is 5.15. The van der Waals surface area contributed by atoms with Gasteiger partial charge in [-0.25, -0.2) is 0 Å². The first-order chi connectivity index (χ1) is 10.2. The molecule has 1 aromatic rings. The normalized spacial score (nSPS) is 18.0. The predicted molar refractivity (Wildman–Crippen MR) is 91.7 cm³/mol. The maximum Gasteiger partial charge on any atom is 0.0475 e. The molecular weight excluding hydrogens is 256 g/mol. The Labute approximate surface area is 130 Å². The molecule has 21 heavy (non-hydrogen) atoms. The molecule has 1 aliphatic carbocycles. The summed E-state index contributed by atoms with van der Waals surface area (Å²) < 4.78 is 0. The molecule has 1 aliphatic rings. The van der Waals surface area contributed by atoms with E-state index in [1.807, 2.05) is 0 Å². The summed E-state index contributed by atoms with van der Waals surface area (Å²) in [5, 5.41) is 3.76. The van der Waals surface area contributed by atoms with Gasteiger partial charge in [-0.1, -0.05) is 38.1 Å². The van der Waals surface area contributed by atoms with E-state index in [1.165, 1.54) is 36.9 Å². The molecule has 2 rings (SSSR count). The fourth-order valence-electron chi connectivity index (χ4n) is 2.96. The summed E-state index contributed by atoms with van der Waals surface area (Å²) in [7, 11) is 2.28. The van der Waals surface area contributed by atoms with Crippen LogP contribution in [0, 0.1) is 5.92 Å². The molecule has 1 aromatic carbocycles. The molecule has 0 aromatic heterocycles. The maximum absolute atomic E-state index is 3.76. The van der Waals surface area contributed by atoms with Crippen LogP contribution in [0.1, 0.15) is 57.2 Å². The number of aryl methyl sites for hydroxylation is 1. The molecule has 0 bridgehead atoms. The van der Waals surface area contributed by atoms with E-state index in [0.29, 0.717) is 12.1 Å². The lowest BCUT2D eigenvalue weighted by molar-refractivity contribution is 0.199. The summed E-state index contributed by atoms with van der Waals surface area (Å²) >= 11 is 0. The van der Waals surface area contributed by atoms with Gasteiger partial charge in [0, 0.05) is 18.6 Å². The Morgan fingerprint density at radius 2 is 1.86 bits per heavy atom. The molecule has 0 amide bonds. The second-order valence-corrected chi connectivity index (χ2v) is 6.65. The lowest BCUT2D eigenvalue weighted by atomic mass is 9.97. The maximum atomic E-state index is 3.76. The monoisotopic (exact) mass is 288 g/mol. The Morgan fingerprint density at radius 1 is 1.19 bits per heavy atom. The second-order valence-electron chi connectivity index (χ2n) is 6.65.